The van der Waals surface area contributed by atoms with Gasteiger partial charge in [-0.05, 0) is 31.5 Å². The van der Waals surface area contributed by atoms with E-state index in [1.807, 2.05) is 17.8 Å². The first-order valence-corrected chi connectivity index (χ1v) is 6.11. The maximum Gasteiger partial charge on any atom is 0.132 e. The monoisotopic (exact) mass is 225 g/mol. The molecule has 1 rings (SSSR count). The molecule has 0 spiro atoms. The molecule has 0 fully saturated rings. The fourth-order valence-corrected chi connectivity index (χ4v) is 2.40. The Morgan fingerprint density at radius 2 is 2.07 bits per heavy atom. The number of ether oxygens (including phenoxy) is 1. The van der Waals surface area contributed by atoms with E-state index in [1.165, 1.54) is 10.5 Å². The Kier molecular flexibility index (Phi) is 4.99. The number of thioether (sulfide) groups is 1. The van der Waals surface area contributed by atoms with Crippen molar-refractivity contribution in [3.8, 4) is 5.75 Å². The van der Waals surface area contributed by atoms with E-state index < -0.39 is 0 Å². The van der Waals surface area contributed by atoms with Crippen molar-refractivity contribution in [1.29, 1.82) is 0 Å². The highest BCUT2D eigenvalue weighted by Crippen LogP contribution is 2.32. The van der Waals surface area contributed by atoms with E-state index >= 15 is 0 Å². The summed E-state index contributed by atoms with van der Waals surface area (Å²) >= 11 is 1.84. The van der Waals surface area contributed by atoms with Crippen molar-refractivity contribution in [3.63, 3.8) is 0 Å². The number of hydrogen-bond donors (Lipinski definition) is 0. The number of hydrogen-bond acceptors (Lipinski definition) is 3. The van der Waals surface area contributed by atoms with Crippen LogP contribution in [0.1, 0.15) is 12.5 Å². The topological polar surface area (TPSA) is 12.5 Å². The summed E-state index contributed by atoms with van der Waals surface area (Å²) < 4.78 is 5.38. The maximum absolute atomic E-state index is 5.38. The quantitative estimate of drug-likeness (QED) is 0.715. The molecule has 1 aromatic rings. The second-order valence-electron chi connectivity index (χ2n) is 3.62. The second kappa shape index (κ2) is 6.03. The van der Waals surface area contributed by atoms with E-state index in [2.05, 4.69) is 38.1 Å². The van der Waals surface area contributed by atoms with Crippen LogP contribution in [0.15, 0.2) is 23.1 Å². The van der Waals surface area contributed by atoms with Gasteiger partial charge in [-0.3, -0.25) is 0 Å². The Labute approximate surface area is 96.6 Å². The van der Waals surface area contributed by atoms with E-state index in [1.54, 1.807) is 7.11 Å². The zero-order chi connectivity index (χ0) is 11.3. The van der Waals surface area contributed by atoms with Crippen LogP contribution in [0.2, 0.25) is 0 Å². The predicted octanol–water partition coefficient (Wildman–Crippen LogP) is 2.87. The molecular formula is C12H19NOS. The number of nitrogens with zero attached hydrogens (tertiary/aromatic N) is 1. The van der Waals surface area contributed by atoms with E-state index in [0.717, 1.165) is 18.0 Å². The highest BCUT2D eigenvalue weighted by Gasteiger charge is 2.09. The molecule has 0 atom stereocenters. The third-order valence-electron chi connectivity index (χ3n) is 2.06. The summed E-state index contributed by atoms with van der Waals surface area (Å²) in [5.74, 6) is 2.06. The van der Waals surface area contributed by atoms with Gasteiger partial charge in [-0.15, -0.1) is 11.8 Å². The number of rotatable bonds is 5. The van der Waals surface area contributed by atoms with Crippen molar-refractivity contribution >= 4 is 11.8 Å². The Bertz CT molecular complexity index is 312. The molecule has 0 aromatic heterocycles. The number of methoxy groups -OCH3 is 1. The molecule has 84 valence electrons. The van der Waals surface area contributed by atoms with Gasteiger partial charge in [-0.25, -0.2) is 0 Å². The summed E-state index contributed by atoms with van der Waals surface area (Å²) in [5, 5.41) is 0. The standard InChI is InChI=1S/C12H19NOS/c1-5-15-12-10(9-13(2)3)7-6-8-11(12)14-4/h6-8H,5,9H2,1-4H3. The van der Waals surface area contributed by atoms with Crippen LogP contribution in [-0.4, -0.2) is 31.9 Å². The van der Waals surface area contributed by atoms with Gasteiger partial charge in [-0.1, -0.05) is 19.1 Å². The smallest absolute Gasteiger partial charge is 0.132 e. The maximum atomic E-state index is 5.38. The van der Waals surface area contributed by atoms with Crippen LogP contribution >= 0.6 is 11.8 Å². The molecule has 3 heteroatoms. The summed E-state index contributed by atoms with van der Waals surface area (Å²) in [6.45, 7) is 3.12. The normalized spacial score (nSPS) is 10.7. The van der Waals surface area contributed by atoms with Gasteiger partial charge >= 0.3 is 0 Å². The molecule has 0 radical (unpaired) electrons. The van der Waals surface area contributed by atoms with Crippen molar-refractivity contribution in [2.24, 2.45) is 0 Å². The Hall–Kier alpha value is -0.670. The average Bonchev–Trinajstić information content (AvgIpc) is 2.20. The van der Waals surface area contributed by atoms with Crippen molar-refractivity contribution in [1.82, 2.24) is 4.90 Å². The van der Waals surface area contributed by atoms with Crippen LogP contribution in [0.3, 0.4) is 0 Å². The first kappa shape index (κ1) is 12.4. The van der Waals surface area contributed by atoms with Crippen LogP contribution < -0.4 is 4.74 Å². The summed E-state index contributed by atoms with van der Waals surface area (Å²) in [6, 6.07) is 6.25. The van der Waals surface area contributed by atoms with Crippen LogP contribution in [0.5, 0.6) is 5.75 Å². The van der Waals surface area contributed by atoms with Crippen LogP contribution in [0, 0.1) is 0 Å². The Morgan fingerprint density at radius 3 is 2.60 bits per heavy atom. The van der Waals surface area contributed by atoms with Gasteiger partial charge in [0.15, 0.2) is 0 Å². The lowest BCUT2D eigenvalue weighted by Crippen LogP contribution is -2.11. The van der Waals surface area contributed by atoms with Gasteiger partial charge in [0.05, 0.1) is 12.0 Å². The van der Waals surface area contributed by atoms with Gasteiger partial charge < -0.3 is 9.64 Å². The lowest BCUT2D eigenvalue weighted by molar-refractivity contribution is 0.385. The van der Waals surface area contributed by atoms with Crippen molar-refractivity contribution < 1.29 is 4.74 Å². The fraction of sp³-hybridized carbons (Fsp3) is 0.500. The van der Waals surface area contributed by atoms with Gasteiger partial charge in [0.1, 0.15) is 5.75 Å². The molecule has 0 saturated carbocycles. The minimum Gasteiger partial charge on any atom is -0.496 e. The molecule has 0 bridgehead atoms. The lowest BCUT2D eigenvalue weighted by atomic mass is 10.2. The SMILES string of the molecule is CCSc1c(CN(C)C)cccc1OC. The van der Waals surface area contributed by atoms with E-state index in [4.69, 9.17) is 4.74 Å². The first-order chi connectivity index (χ1) is 7.19. The second-order valence-corrected chi connectivity index (χ2v) is 4.89. The summed E-state index contributed by atoms with van der Waals surface area (Å²) in [5.41, 5.74) is 1.34. The molecule has 0 saturated heterocycles. The molecule has 0 aliphatic rings. The van der Waals surface area contributed by atoms with E-state index in [0.29, 0.717) is 0 Å². The van der Waals surface area contributed by atoms with E-state index in [-0.39, 0.29) is 0 Å². The predicted molar refractivity (Wildman–Crippen MR) is 66.8 cm³/mol. The molecular weight excluding hydrogens is 206 g/mol. The molecule has 1 aromatic carbocycles. The van der Waals surface area contributed by atoms with Crippen molar-refractivity contribution in [2.75, 3.05) is 27.0 Å². The third-order valence-corrected chi connectivity index (χ3v) is 3.10. The Morgan fingerprint density at radius 1 is 1.33 bits per heavy atom. The molecule has 0 aliphatic carbocycles. The molecule has 15 heavy (non-hydrogen) atoms. The average molecular weight is 225 g/mol. The molecule has 0 N–H and O–H groups in total. The first-order valence-electron chi connectivity index (χ1n) is 5.12. The van der Waals surface area contributed by atoms with Crippen LogP contribution in [0.25, 0.3) is 0 Å². The molecule has 0 heterocycles. The van der Waals surface area contributed by atoms with E-state index in [9.17, 15) is 0 Å². The molecule has 2 nitrogen and oxygen atoms in total. The zero-order valence-corrected chi connectivity index (χ0v) is 10.7. The molecule has 0 amide bonds. The highest BCUT2D eigenvalue weighted by atomic mass is 32.2. The minimum atomic E-state index is 0.958. The Balaban J connectivity index is 3.01. The zero-order valence-electron chi connectivity index (χ0n) is 9.91. The van der Waals surface area contributed by atoms with Crippen LogP contribution in [0.4, 0.5) is 0 Å². The van der Waals surface area contributed by atoms with Crippen molar-refractivity contribution in [3.05, 3.63) is 23.8 Å². The van der Waals surface area contributed by atoms with Gasteiger partial charge in [0.2, 0.25) is 0 Å². The minimum absolute atomic E-state index is 0.958. The fourth-order valence-electron chi connectivity index (χ4n) is 1.50. The summed E-state index contributed by atoms with van der Waals surface area (Å²) in [4.78, 5) is 3.45. The highest BCUT2D eigenvalue weighted by molar-refractivity contribution is 7.99. The van der Waals surface area contributed by atoms with Crippen LogP contribution in [-0.2, 0) is 6.54 Å². The van der Waals surface area contributed by atoms with Crippen molar-refractivity contribution in [2.45, 2.75) is 18.4 Å². The molecule has 0 unspecified atom stereocenters. The van der Waals surface area contributed by atoms with Gasteiger partial charge in [0.25, 0.3) is 0 Å². The lowest BCUT2D eigenvalue weighted by Gasteiger charge is -2.16. The summed E-state index contributed by atoms with van der Waals surface area (Å²) in [7, 11) is 5.90. The summed E-state index contributed by atoms with van der Waals surface area (Å²) in [6.07, 6.45) is 0. The largest absolute Gasteiger partial charge is 0.496 e. The van der Waals surface area contributed by atoms with Gasteiger partial charge in [-0.2, -0.15) is 0 Å². The number of benzene rings is 1. The van der Waals surface area contributed by atoms with Gasteiger partial charge in [0, 0.05) is 6.54 Å². The third kappa shape index (κ3) is 3.43. The molecule has 0 aliphatic heterocycles.